The highest BCUT2D eigenvalue weighted by atomic mass is 16.5. The van der Waals surface area contributed by atoms with Gasteiger partial charge in [-0.2, -0.15) is 0 Å². The van der Waals surface area contributed by atoms with Gasteiger partial charge in [0.15, 0.2) is 0 Å². The maximum absolute atomic E-state index is 12.3. The summed E-state index contributed by atoms with van der Waals surface area (Å²) >= 11 is 0. The minimum atomic E-state index is -0.159. The Morgan fingerprint density at radius 1 is 1.15 bits per heavy atom. The summed E-state index contributed by atoms with van der Waals surface area (Å²) in [4.78, 5) is 12.3. The zero-order chi connectivity index (χ0) is 14.7. The van der Waals surface area contributed by atoms with E-state index >= 15 is 0 Å². The molecule has 2 aromatic rings. The second kappa shape index (κ2) is 5.86. The molecule has 0 aliphatic rings. The van der Waals surface area contributed by atoms with Crippen LogP contribution in [0.25, 0.3) is 5.69 Å². The van der Waals surface area contributed by atoms with Crippen LogP contribution < -0.4 is 16.0 Å². The Morgan fingerprint density at radius 3 is 2.30 bits per heavy atom. The molecular formula is C15H21N3O2. The number of ether oxygens (including phenoxy) is 1. The van der Waals surface area contributed by atoms with E-state index < -0.39 is 0 Å². The highest BCUT2D eigenvalue weighted by Crippen LogP contribution is 2.17. The summed E-state index contributed by atoms with van der Waals surface area (Å²) in [6, 6.07) is 7.47. The molecule has 0 atom stereocenters. The normalized spacial score (nSPS) is 10.8. The van der Waals surface area contributed by atoms with Gasteiger partial charge in [-0.05, 0) is 44.5 Å². The summed E-state index contributed by atoms with van der Waals surface area (Å²) in [5.74, 6) is 0.794. The zero-order valence-corrected chi connectivity index (χ0v) is 12.2. The third-order valence-electron chi connectivity index (χ3n) is 3.31. The van der Waals surface area contributed by atoms with Crippen molar-refractivity contribution in [1.82, 2.24) is 9.36 Å². The lowest BCUT2D eigenvalue weighted by molar-refractivity contribution is 0.340. The topological polar surface area (TPSA) is 62.2 Å². The minimum Gasteiger partial charge on any atom is -0.494 e. The predicted octanol–water partition coefficient (Wildman–Crippen LogP) is 2.20. The molecule has 0 bridgehead atoms. The Labute approximate surface area is 118 Å². The summed E-state index contributed by atoms with van der Waals surface area (Å²) in [5.41, 5.74) is 7.78. The first kappa shape index (κ1) is 14.2. The minimum absolute atomic E-state index is 0.159. The molecule has 2 rings (SSSR count). The fourth-order valence-electron chi connectivity index (χ4n) is 2.42. The first-order chi connectivity index (χ1) is 9.63. The molecule has 0 aliphatic heterocycles. The molecule has 0 fully saturated rings. The quantitative estimate of drug-likeness (QED) is 0.910. The van der Waals surface area contributed by atoms with Crippen LogP contribution in [0.4, 0.5) is 5.69 Å². The highest BCUT2D eigenvalue weighted by Gasteiger charge is 2.16. The average molecular weight is 275 g/mol. The van der Waals surface area contributed by atoms with Crippen molar-refractivity contribution in [3.63, 3.8) is 0 Å². The Hall–Kier alpha value is -2.17. The van der Waals surface area contributed by atoms with Crippen LogP contribution in [0.15, 0.2) is 29.1 Å². The van der Waals surface area contributed by atoms with E-state index in [9.17, 15) is 4.79 Å². The van der Waals surface area contributed by atoms with Gasteiger partial charge >= 0.3 is 0 Å². The Bertz CT molecular complexity index is 638. The van der Waals surface area contributed by atoms with Gasteiger partial charge < -0.3 is 10.5 Å². The van der Waals surface area contributed by atoms with Crippen LogP contribution >= 0.6 is 0 Å². The molecular weight excluding hydrogens is 254 g/mol. The van der Waals surface area contributed by atoms with Crippen LogP contribution in [0.5, 0.6) is 5.75 Å². The number of aromatic nitrogens is 2. The van der Waals surface area contributed by atoms with Crippen molar-refractivity contribution in [2.75, 3.05) is 12.3 Å². The largest absolute Gasteiger partial charge is 0.494 e. The molecule has 0 spiro atoms. The van der Waals surface area contributed by atoms with Crippen molar-refractivity contribution in [2.24, 2.45) is 0 Å². The van der Waals surface area contributed by atoms with Crippen LogP contribution in [0.3, 0.4) is 0 Å². The molecule has 1 aromatic heterocycles. The molecule has 0 saturated carbocycles. The number of benzene rings is 1. The fraction of sp³-hybridized carbons (Fsp3) is 0.400. The molecule has 1 heterocycles. The number of rotatable bonds is 5. The van der Waals surface area contributed by atoms with E-state index in [2.05, 4.69) is 0 Å². The van der Waals surface area contributed by atoms with Crippen LogP contribution in [-0.4, -0.2) is 16.0 Å². The van der Waals surface area contributed by atoms with Gasteiger partial charge in [-0.3, -0.25) is 9.48 Å². The SMILES string of the molecule is CCOc1ccc(-n2c(=O)c(N)c(CC)n2CC)cc1. The average Bonchev–Trinajstić information content (AvgIpc) is 2.71. The number of nitrogens with zero attached hydrogens (tertiary/aromatic N) is 2. The molecule has 0 saturated heterocycles. The van der Waals surface area contributed by atoms with Crippen LogP contribution in [0, 0.1) is 0 Å². The first-order valence-corrected chi connectivity index (χ1v) is 6.97. The second-order valence-corrected chi connectivity index (χ2v) is 4.47. The lowest BCUT2D eigenvalue weighted by atomic mass is 10.3. The maximum Gasteiger partial charge on any atom is 0.294 e. The van der Waals surface area contributed by atoms with Crippen molar-refractivity contribution in [3.8, 4) is 11.4 Å². The summed E-state index contributed by atoms with van der Waals surface area (Å²) in [6.45, 7) is 7.26. The van der Waals surface area contributed by atoms with E-state index in [4.69, 9.17) is 10.5 Å². The van der Waals surface area contributed by atoms with E-state index in [1.807, 2.05) is 49.7 Å². The molecule has 0 radical (unpaired) electrons. The standard InChI is InChI=1S/C15H21N3O2/c1-4-13-14(16)15(19)18(17(13)5-2)11-7-9-12(10-8-11)20-6-3/h7-10H,4-6,16H2,1-3H3. The molecule has 1 aromatic carbocycles. The second-order valence-electron chi connectivity index (χ2n) is 4.47. The van der Waals surface area contributed by atoms with Gasteiger partial charge in [0.25, 0.3) is 5.56 Å². The van der Waals surface area contributed by atoms with Gasteiger partial charge in [-0.25, -0.2) is 4.68 Å². The fourth-order valence-corrected chi connectivity index (χ4v) is 2.42. The third-order valence-corrected chi connectivity index (χ3v) is 3.31. The highest BCUT2D eigenvalue weighted by molar-refractivity contribution is 5.46. The van der Waals surface area contributed by atoms with Crippen molar-refractivity contribution >= 4 is 5.69 Å². The van der Waals surface area contributed by atoms with Crippen LogP contribution in [0.1, 0.15) is 26.5 Å². The molecule has 5 nitrogen and oxygen atoms in total. The maximum atomic E-state index is 12.3. The molecule has 2 N–H and O–H groups in total. The number of hydrogen-bond donors (Lipinski definition) is 1. The third kappa shape index (κ3) is 2.31. The molecule has 5 heteroatoms. The van der Waals surface area contributed by atoms with E-state index in [0.29, 0.717) is 18.8 Å². The van der Waals surface area contributed by atoms with Crippen molar-refractivity contribution in [1.29, 1.82) is 0 Å². The Balaban J connectivity index is 2.54. The Morgan fingerprint density at radius 2 is 1.80 bits per heavy atom. The first-order valence-electron chi connectivity index (χ1n) is 6.97. The summed E-state index contributed by atoms with van der Waals surface area (Å²) in [5, 5.41) is 0. The molecule has 0 unspecified atom stereocenters. The van der Waals surface area contributed by atoms with Crippen LogP contribution in [0.2, 0.25) is 0 Å². The Kier molecular flexibility index (Phi) is 4.17. The van der Waals surface area contributed by atoms with Gasteiger partial charge in [0.2, 0.25) is 0 Å². The molecule has 0 amide bonds. The van der Waals surface area contributed by atoms with Gasteiger partial charge in [-0.15, -0.1) is 0 Å². The number of anilines is 1. The van der Waals surface area contributed by atoms with Gasteiger partial charge in [0, 0.05) is 6.54 Å². The van der Waals surface area contributed by atoms with Crippen molar-refractivity contribution in [2.45, 2.75) is 33.7 Å². The van der Waals surface area contributed by atoms with Crippen LogP contribution in [-0.2, 0) is 13.0 Å². The number of nitrogen functional groups attached to an aromatic ring is 1. The molecule has 20 heavy (non-hydrogen) atoms. The summed E-state index contributed by atoms with van der Waals surface area (Å²) in [7, 11) is 0. The number of nitrogens with two attached hydrogens (primary N) is 1. The van der Waals surface area contributed by atoms with E-state index in [1.165, 1.54) is 0 Å². The predicted molar refractivity (Wildman–Crippen MR) is 80.7 cm³/mol. The van der Waals surface area contributed by atoms with Crippen molar-refractivity contribution in [3.05, 3.63) is 40.3 Å². The van der Waals surface area contributed by atoms with Gasteiger partial charge in [0.1, 0.15) is 11.4 Å². The van der Waals surface area contributed by atoms with Gasteiger partial charge in [0.05, 0.1) is 18.0 Å². The summed E-state index contributed by atoms with van der Waals surface area (Å²) < 4.78 is 8.97. The lowest BCUT2D eigenvalue weighted by Gasteiger charge is -2.12. The van der Waals surface area contributed by atoms with Crippen molar-refractivity contribution < 1.29 is 4.74 Å². The zero-order valence-electron chi connectivity index (χ0n) is 12.2. The van der Waals surface area contributed by atoms with Gasteiger partial charge in [-0.1, -0.05) is 6.92 Å². The van der Waals surface area contributed by atoms with E-state index in [0.717, 1.165) is 23.6 Å². The number of hydrogen-bond acceptors (Lipinski definition) is 3. The lowest BCUT2D eigenvalue weighted by Crippen LogP contribution is -2.22. The summed E-state index contributed by atoms with van der Waals surface area (Å²) in [6.07, 6.45) is 0.735. The molecule has 0 aliphatic carbocycles. The molecule has 108 valence electrons. The monoisotopic (exact) mass is 275 g/mol. The van der Waals surface area contributed by atoms with E-state index in [-0.39, 0.29) is 5.56 Å². The van der Waals surface area contributed by atoms with E-state index in [1.54, 1.807) is 4.68 Å². The smallest absolute Gasteiger partial charge is 0.294 e.